The lowest BCUT2D eigenvalue weighted by atomic mass is 10.3. The van der Waals surface area contributed by atoms with Gasteiger partial charge in [-0.2, -0.15) is 0 Å². The number of anilines is 1. The number of carbonyl (C=O) groups is 3. The lowest BCUT2D eigenvalue weighted by molar-refractivity contribution is -0.120. The molecule has 0 radical (unpaired) electrons. The van der Waals surface area contributed by atoms with Crippen molar-refractivity contribution in [3.05, 3.63) is 24.0 Å². The highest BCUT2D eigenvalue weighted by molar-refractivity contribution is 5.90. The van der Waals surface area contributed by atoms with E-state index in [0.29, 0.717) is 5.69 Å². The van der Waals surface area contributed by atoms with Crippen molar-refractivity contribution < 1.29 is 19.5 Å². The van der Waals surface area contributed by atoms with Crippen LogP contribution in [-0.4, -0.2) is 53.5 Å². The number of aromatic carboxylic acids is 1. The van der Waals surface area contributed by atoms with Gasteiger partial charge in [0.05, 0.1) is 11.9 Å². The number of hydrogen-bond donors (Lipinski definition) is 3. The molecule has 0 atom stereocenters. The van der Waals surface area contributed by atoms with E-state index in [1.807, 2.05) is 0 Å². The second-order valence-electron chi connectivity index (χ2n) is 4.01. The van der Waals surface area contributed by atoms with Crippen LogP contribution in [0.15, 0.2) is 18.3 Å². The Hall–Kier alpha value is -2.64. The normalized spacial score (nSPS) is 9.70. The first-order valence-corrected chi connectivity index (χ1v) is 5.86. The van der Waals surface area contributed by atoms with Crippen molar-refractivity contribution in [1.82, 2.24) is 15.2 Å². The van der Waals surface area contributed by atoms with Gasteiger partial charge >= 0.3 is 12.0 Å². The summed E-state index contributed by atoms with van der Waals surface area (Å²) in [6.07, 6.45) is 1.46. The SMILES string of the molecule is CNC(=O)CCN(C)C(=O)Nc1ccc(C(=O)O)nc1. The Morgan fingerprint density at radius 1 is 1.35 bits per heavy atom. The number of carboxylic acids is 1. The number of nitrogens with zero attached hydrogens (tertiary/aromatic N) is 2. The van der Waals surface area contributed by atoms with Crippen molar-refractivity contribution in [2.24, 2.45) is 0 Å². The van der Waals surface area contributed by atoms with Gasteiger partial charge in [-0.05, 0) is 12.1 Å². The molecule has 0 saturated carbocycles. The first kappa shape index (κ1) is 15.4. The fraction of sp³-hybridized carbons (Fsp3) is 0.333. The molecule has 0 spiro atoms. The highest BCUT2D eigenvalue weighted by Crippen LogP contribution is 2.07. The third kappa shape index (κ3) is 4.56. The number of pyridine rings is 1. The van der Waals surface area contributed by atoms with Crippen molar-refractivity contribution in [1.29, 1.82) is 0 Å². The monoisotopic (exact) mass is 280 g/mol. The summed E-state index contributed by atoms with van der Waals surface area (Å²) in [6.45, 7) is 0.270. The number of carbonyl (C=O) groups excluding carboxylic acids is 2. The fourth-order valence-electron chi connectivity index (χ4n) is 1.31. The van der Waals surface area contributed by atoms with Gasteiger partial charge in [0.15, 0.2) is 0 Å². The van der Waals surface area contributed by atoms with Gasteiger partial charge in [0, 0.05) is 27.1 Å². The molecule has 3 N–H and O–H groups in total. The van der Waals surface area contributed by atoms with Crippen LogP contribution in [0.2, 0.25) is 0 Å². The highest BCUT2D eigenvalue weighted by Gasteiger charge is 2.11. The Morgan fingerprint density at radius 3 is 2.55 bits per heavy atom. The molecule has 20 heavy (non-hydrogen) atoms. The van der Waals surface area contributed by atoms with Crippen LogP contribution in [0.4, 0.5) is 10.5 Å². The van der Waals surface area contributed by atoms with Crippen LogP contribution in [0.1, 0.15) is 16.9 Å². The molecular formula is C12H16N4O4. The zero-order valence-electron chi connectivity index (χ0n) is 11.2. The molecule has 0 saturated heterocycles. The average Bonchev–Trinajstić information content (AvgIpc) is 2.44. The second kappa shape index (κ2) is 7.07. The van der Waals surface area contributed by atoms with Gasteiger partial charge < -0.3 is 20.6 Å². The molecule has 1 aromatic rings. The first-order valence-electron chi connectivity index (χ1n) is 5.86. The molecule has 8 nitrogen and oxygen atoms in total. The van der Waals surface area contributed by atoms with Gasteiger partial charge in [-0.3, -0.25) is 4.79 Å². The van der Waals surface area contributed by atoms with Gasteiger partial charge in [-0.1, -0.05) is 0 Å². The zero-order valence-corrected chi connectivity index (χ0v) is 11.2. The molecule has 1 heterocycles. The Kier molecular flexibility index (Phi) is 5.45. The molecule has 0 bridgehead atoms. The highest BCUT2D eigenvalue weighted by atomic mass is 16.4. The van der Waals surface area contributed by atoms with Crippen molar-refractivity contribution in [2.75, 3.05) is 26.0 Å². The summed E-state index contributed by atoms with van der Waals surface area (Å²) >= 11 is 0. The topological polar surface area (TPSA) is 112 Å². The van der Waals surface area contributed by atoms with E-state index in [1.54, 1.807) is 7.05 Å². The van der Waals surface area contributed by atoms with Crippen LogP contribution >= 0.6 is 0 Å². The lowest BCUT2D eigenvalue weighted by Crippen LogP contribution is -2.34. The van der Waals surface area contributed by atoms with Gasteiger partial charge in [-0.15, -0.1) is 0 Å². The van der Waals surface area contributed by atoms with E-state index in [2.05, 4.69) is 15.6 Å². The number of rotatable bonds is 5. The minimum Gasteiger partial charge on any atom is -0.477 e. The van der Waals surface area contributed by atoms with E-state index in [0.717, 1.165) is 0 Å². The van der Waals surface area contributed by atoms with Gasteiger partial charge in [0.25, 0.3) is 0 Å². The number of aromatic nitrogens is 1. The second-order valence-corrected chi connectivity index (χ2v) is 4.01. The summed E-state index contributed by atoms with van der Waals surface area (Å²) < 4.78 is 0. The summed E-state index contributed by atoms with van der Waals surface area (Å²) in [5.41, 5.74) is 0.280. The van der Waals surface area contributed by atoms with Crippen LogP contribution in [0.3, 0.4) is 0 Å². The molecule has 0 aliphatic heterocycles. The quantitative estimate of drug-likeness (QED) is 0.722. The molecule has 0 unspecified atom stereocenters. The number of amides is 3. The summed E-state index contributed by atoms with van der Waals surface area (Å²) in [7, 11) is 3.08. The van der Waals surface area contributed by atoms with E-state index < -0.39 is 12.0 Å². The van der Waals surface area contributed by atoms with E-state index in [1.165, 1.54) is 30.3 Å². The Morgan fingerprint density at radius 2 is 2.05 bits per heavy atom. The van der Waals surface area contributed by atoms with Crippen molar-refractivity contribution in [2.45, 2.75) is 6.42 Å². The van der Waals surface area contributed by atoms with Crippen LogP contribution in [0.25, 0.3) is 0 Å². The van der Waals surface area contributed by atoms with Gasteiger partial charge in [0.2, 0.25) is 5.91 Å². The third-order valence-corrected chi connectivity index (χ3v) is 2.53. The lowest BCUT2D eigenvalue weighted by Gasteiger charge is -2.17. The first-order chi connectivity index (χ1) is 9.43. The molecule has 0 fully saturated rings. The van der Waals surface area contributed by atoms with Crippen molar-refractivity contribution >= 4 is 23.6 Å². The minimum absolute atomic E-state index is 0.101. The standard InChI is InChI=1S/C12H16N4O4/c1-13-10(17)5-6-16(2)12(20)15-8-3-4-9(11(18)19)14-7-8/h3-4,7H,5-6H2,1-2H3,(H,13,17)(H,15,20)(H,18,19). The van der Waals surface area contributed by atoms with Crippen molar-refractivity contribution in [3.8, 4) is 0 Å². The maximum atomic E-state index is 11.8. The molecule has 0 aliphatic carbocycles. The average molecular weight is 280 g/mol. The summed E-state index contributed by atoms with van der Waals surface area (Å²) in [5, 5.41) is 13.7. The van der Waals surface area contributed by atoms with E-state index in [9.17, 15) is 14.4 Å². The number of nitrogens with one attached hydrogen (secondary N) is 2. The van der Waals surface area contributed by atoms with Crippen LogP contribution < -0.4 is 10.6 Å². The Bertz CT molecular complexity index is 501. The van der Waals surface area contributed by atoms with E-state index >= 15 is 0 Å². The molecular weight excluding hydrogens is 264 g/mol. The maximum Gasteiger partial charge on any atom is 0.354 e. The minimum atomic E-state index is -1.13. The predicted octanol–water partition coefficient (Wildman–Crippen LogP) is 0.380. The number of hydrogen-bond acceptors (Lipinski definition) is 4. The predicted molar refractivity (Wildman–Crippen MR) is 71.5 cm³/mol. The molecule has 8 heteroatoms. The van der Waals surface area contributed by atoms with Gasteiger partial charge in [-0.25, -0.2) is 14.6 Å². The molecule has 108 valence electrons. The molecule has 1 rings (SSSR count). The molecule has 0 aliphatic rings. The summed E-state index contributed by atoms with van der Waals surface area (Å²) in [5.74, 6) is -1.29. The Labute approximate surface area is 115 Å². The van der Waals surface area contributed by atoms with Crippen molar-refractivity contribution in [3.63, 3.8) is 0 Å². The largest absolute Gasteiger partial charge is 0.477 e. The summed E-state index contributed by atoms with van der Waals surface area (Å²) in [6, 6.07) is 2.34. The molecule has 1 aromatic heterocycles. The smallest absolute Gasteiger partial charge is 0.354 e. The maximum absolute atomic E-state index is 11.8. The molecule has 0 aromatic carbocycles. The van der Waals surface area contributed by atoms with E-state index in [-0.39, 0.29) is 24.6 Å². The van der Waals surface area contributed by atoms with Gasteiger partial charge in [0.1, 0.15) is 5.69 Å². The van der Waals surface area contributed by atoms with Crippen LogP contribution in [0, 0.1) is 0 Å². The fourth-order valence-corrected chi connectivity index (χ4v) is 1.31. The van der Waals surface area contributed by atoms with E-state index in [4.69, 9.17) is 5.11 Å². The Balaban J connectivity index is 2.52. The number of urea groups is 1. The number of carboxylic acid groups (broad SMARTS) is 1. The van der Waals surface area contributed by atoms with Crippen LogP contribution in [-0.2, 0) is 4.79 Å². The zero-order chi connectivity index (χ0) is 15.1. The molecule has 3 amide bonds. The van der Waals surface area contributed by atoms with Crippen LogP contribution in [0.5, 0.6) is 0 Å². The third-order valence-electron chi connectivity index (χ3n) is 2.53. The summed E-state index contributed by atoms with van der Waals surface area (Å²) in [4.78, 5) is 38.5.